The Hall–Kier alpha value is -2.01. The molecular weight excluding hydrogens is 304 g/mol. The maximum atomic E-state index is 11.9. The number of carbonyl (C=O) groups excluding carboxylic acids is 1. The van der Waals surface area contributed by atoms with E-state index in [-0.39, 0.29) is 12.5 Å². The van der Waals surface area contributed by atoms with Gasteiger partial charge in [-0.25, -0.2) is 0 Å². The smallest absolute Gasteiger partial charge is 0.257 e. The molecule has 0 bridgehead atoms. The molecule has 1 atom stereocenters. The van der Waals surface area contributed by atoms with Gasteiger partial charge in [0.25, 0.3) is 5.91 Å². The highest BCUT2D eigenvalue weighted by Gasteiger charge is 2.13. The van der Waals surface area contributed by atoms with Crippen molar-refractivity contribution in [2.75, 3.05) is 33.4 Å². The number of allylic oxidation sites excluding steroid dienone is 1. The normalized spacial score (nSPS) is 17.1. The summed E-state index contributed by atoms with van der Waals surface area (Å²) in [7, 11) is 1.60. The molecule has 5 heteroatoms. The van der Waals surface area contributed by atoms with Crippen molar-refractivity contribution in [3.8, 4) is 11.5 Å². The van der Waals surface area contributed by atoms with Gasteiger partial charge in [-0.3, -0.25) is 4.79 Å². The predicted molar refractivity (Wildman–Crippen MR) is 95.6 cm³/mol. The maximum absolute atomic E-state index is 11.9. The van der Waals surface area contributed by atoms with Crippen LogP contribution < -0.4 is 20.1 Å². The average Bonchev–Trinajstić information content (AvgIpc) is 2.61. The molecule has 1 heterocycles. The number of ether oxygens (including phenoxy) is 2. The van der Waals surface area contributed by atoms with Crippen LogP contribution in [0.5, 0.6) is 11.5 Å². The summed E-state index contributed by atoms with van der Waals surface area (Å²) < 4.78 is 10.9. The molecule has 1 fully saturated rings. The van der Waals surface area contributed by atoms with Crippen LogP contribution in [0.25, 0.3) is 0 Å². The minimum absolute atomic E-state index is 0.0000810. The minimum Gasteiger partial charge on any atom is -0.493 e. The molecule has 0 spiro atoms. The van der Waals surface area contributed by atoms with Gasteiger partial charge in [0.05, 0.1) is 7.11 Å². The first-order valence-electron chi connectivity index (χ1n) is 8.61. The fourth-order valence-electron chi connectivity index (χ4n) is 2.91. The number of piperidine rings is 1. The third kappa shape index (κ3) is 5.89. The molecule has 0 aromatic heterocycles. The molecular formula is C19H28N2O3. The molecule has 2 N–H and O–H groups in total. The molecule has 1 aliphatic rings. The Kier molecular flexibility index (Phi) is 7.62. The third-order valence-electron chi connectivity index (χ3n) is 4.24. The van der Waals surface area contributed by atoms with Crippen molar-refractivity contribution < 1.29 is 14.3 Å². The zero-order chi connectivity index (χ0) is 17.2. The van der Waals surface area contributed by atoms with Gasteiger partial charge in [-0.05, 0) is 62.4 Å². The van der Waals surface area contributed by atoms with Crippen molar-refractivity contribution in [1.82, 2.24) is 10.6 Å². The maximum Gasteiger partial charge on any atom is 0.257 e. The van der Waals surface area contributed by atoms with Crippen LogP contribution in [-0.4, -0.2) is 39.3 Å². The molecule has 0 saturated carbocycles. The van der Waals surface area contributed by atoms with Crippen LogP contribution in [-0.2, 0) is 11.2 Å². The van der Waals surface area contributed by atoms with Gasteiger partial charge in [-0.15, -0.1) is 6.58 Å². The molecule has 1 amide bonds. The van der Waals surface area contributed by atoms with E-state index in [0.717, 1.165) is 31.5 Å². The standard InChI is InChI=1S/C19H28N2O3/c1-3-5-15-7-8-17(18(12-15)23-2)24-14-19(22)21-11-9-16-6-4-10-20-13-16/h3,7-8,12,16,20H,1,4-6,9-11,13-14H2,2H3,(H,21,22). The van der Waals surface area contributed by atoms with Crippen LogP contribution in [0.3, 0.4) is 0 Å². The van der Waals surface area contributed by atoms with Gasteiger partial charge in [0.15, 0.2) is 18.1 Å². The van der Waals surface area contributed by atoms with Crippen LogP contribution in [0.2, 0.25) is 0 Å². The monoisotopic (exact) mass is 332 g/mol. The molecule has 1 saturated heterocycles. The summed E-state index contributed by atoms with van der Waals surface area (Å²) in [5, 5.41) is 6.31. The van der Waals surface area contributed by atoms with E-state index in [2.05, 4.69) is 17.2 Å². The van der Waals surface area contributed by atoms with Crippen molar-refractivity contribution >= 4 is 5.91 Å². The Labute approximate surface area is 144 Å². The lowest BCUT2D eigenvalue weighted by Crippen LogP contribution is -2.34. The molecule has 1 aliphatic heterocycles. The van der Waals surface area contributed by atoms with E-state index in [4.69, 9.17) is 9.47 Å². The molecule has 2 rings (SSSR count). The fourth-order valence-corrected chi connectivity index (χ4v) is 2.91. The number of rotatable bonds is 9. The molecule has 5 nitrogen and oxygen atoms in total. The summed E-state index contributed by atoms with van der Waals surface area (Å²) in [4.78, 5) is 11.9. The number of nitrogens with one attached hydrogen (secondary N) is 2. The lowest BCUT2D eigenvalue weighted by molar-refractivity contribution is -0.123. The van der Waals surface area contributed by atoms with Crippen LogP contribution in [0, 0.1) is 5.92 Å². The first-order chi connectivity index (χ1) is 11.7. The number of benzene rings is 1. The van der Waals surface area contributed by atoms with E-state index in [1.54, 1.807) is 7.11 Å². The lowest BCUT2D eigenvalue weighted by atomic mass is 9.96. The zero-order valence-electron chi connectivity index (χ0n) is 14.5. The number of hydrogen-bond donors (Lipinski definition) is 2. The lowest BCUT2D eigenvalue weighted by Gasteiger charge is -2.22. The first kappa shape index (κ1) is 18.3. The Balaban J connectivity index is 1.73. The second kappa shape index (κ2) is 9.98. The van der Waals surface area contributed by atoms with E-state index < -0.39 is 0 Å². The molecule has 0 radical (unpaired) electrons. The van der Waals surface area contributed by atoms with E-state index in [0.29, 0.717) is 24.0 Å². The van der Waals surface area contributed by atoms with Crippen molar-refractivity contribution in [1.29, 1.82) is 0 Å². The summed E-state index contributed by atoms with van der Waals surface area (Å²) in [6.45, 7) is 6.60. The summed E-state index contributed by atoms with van der Waals surface area (Å²) in [6.07, 6.45) is 6.09. The third-order valence-corrected chi connectivity index (χ3v) is 4.24. The van der Waals surface area contributed by atoms with Crippen molar-refractivity contribution in [3.63, 3.8) is 0 Å². The highest BCUT2D eigenvalue weighted by molar-refractivity contribution is 5.77. The van der Waals surface area contributed by atoms with Crippen molar-refractivity contribution in [3.05, 3.63) is 36.4 Å². The molecule has 1 aromatic carbocycles. The minimum atomic E-state index is -0.101. The Morgan fingerprint density at radius 2 is 2.33 bits per heavy atom. The highest BCUT2D eigenvalue weighted by Crippen LogP contribution is 2.28. The van der Waals surface area contributed by atoms with Gasteiger partial charge < -0.3 is 20.1 Å². The van der Waals surface area contributed by atoms with E-state index in [9.17, 15) is 4.79 Å². The first-order valence-corrected chi connectivity index (χ1v) is 8.61. The van der Waals surface area contributed by atoms with E-state index in [1.807, 2.05) is 24.3 Å². The second-order valence-electron chi connectivity index (χ2n) is 6.12. The van der Waals surface area contributed by atoms with E-state index >= 15 is 0 Å². The van der Waals surface area contributed by atoms with Crippen molar-refractivity contribution in [2.45, 2.75) is 25.7 Å². The summed E-state index contributed by atoms with van der Waals surface area (Å²) in [5.41, 5.74) is 1.10. The van der Waals surface area contributed by atoms with Gasteiger partial charge in [0, 0.05) is 6.54 Å². The molecule has 0 aliphatic carbocycles. The second-order valence-corrected chi connectivity index (χ2v) is 6.12. The van der Waals surface area contributed by atoms with Crippen LogP contribution >= 0.6 is 0 Å². The fraction of sp³-hybridized carbons (Fsp3) is 0.526. The van der Waals surface area contributed by atoms with Crippen LogP contribution in [0.15, 0.2) is 30.9 Å². The number of carbonyl (C=O) groups is 1. The SMILES string of the molecule is C=CCc1ccc(OCC(=O)NCCC2CCCNC2)c(OC)c1. The quantitative estimate of drug-likeness (QED) is 0.681. The largest absolute Gasteiger partial charge is 0.493 e. The Morgan fingerprint density at radius 3 is 3.04 bits per heavy atom. The predicted octanol–water partition coefficient (Wildman–Crippen LogP) is 2.31. The topological polar surface area (TPSA) is 59.6 Å². The van der Waals surface area contributed by atoms with Gasteiger partial charge in [0.2, 0.25) is 0 Å². The average molecular weight is 332 g/mol. The molecule has 132 valence electrons. The molecule has 1 aromatic rings. The number of hydrogen-bond acceptors (Lipinski definition) is 4. The molecule has 24 heavy (non-hydrogen) atoms. The van der Waals surface area contributed by atoms with Gasteiger partial charge in [0.1, 0.15) is 0 Å². The van der Waals surface area contributed by atoms with E-state index in [1.165, 1.54) is 12.8 Å². The van der Waals surface area contributed by atoms with Crippen molar-refractivity contribution in [2.24, 2.45) is 5.92 Å². The van der Waals surface area contributed by atoms with Gasteiger partial charge >= 0.3 is 0 Å². The summed E-state index contributed by atoms with van der Waals surface area (Å²) in [6, 6.07) is 5.69. The Morgan fingerprint density at radius 1 is 1.46 bits per heavy atom. The highest BCUT2D eigenvalue weighted by atomic mass is 16.5. The number of amides is 1. The zero-order valence-corrected chi connectivity index (χ0v) is 14.5. The van der Waals surface area contributed by atoms with Gasteiger partial charge in [-0.1, -0.05) is 12.1 Å². The van der Waals surface area contributed by atoms with Gasteiger partial charge in [-0.2, -0.15) is 0 Å². The molecule has 1 unspecified atom stereocenters. The van der Waals surface area contributed by atoms with Crippen LogP contribution in [0.4, 0.5) is 0 Å². The summed E-state index contributed by atoms with van der Waals surface area (Å²) >= 11 is 0. The number of methoxy groups -OCH3 is 1. The Bertz CT molecular complexity index is 539. The van der Waals surface area contributed by atoms with Crippen LogP contribution in [0.1, 0.15) is 24.8 Å². The summed E-state index contributed by atoms with van der Waals surface area (Å²) in [5.74, 6) is 1.78.